The highest BCUT2D eigenvalue weighted by molar-refractivity contribution is 5.81. The summed E-state index contributed by atoms with van der Waals surface area (Å²) in [5.74, 6) is 0.743. The van der Waals surface area contributed by atoms with Gasteiger partial charge in [-0.15, -0.1) is 0 Å². The van der Waals surface area contributed by atoms with Gasteiger partial charge in [-0.1, -0.05) is 6.07 Å². The van der Waals surface area contributed by atoms with E-state index < -0.39 is 6.10 Å². The zero-order valence-electron chi connectivity index (χ0n) is 11.8. The lowest BCUT2D eigenvalue weighted by molar-refractivity contribution is -0.127. The third kappa shape index (κ3) is 3.40. The zero-order valence-corrected chi connectivity index (χ0v) is 11.8. The maximum atomic E-state index is 11.9. The van der Waals surface area contributed by atoms with Gasteiger partial charge in [-0.3, -0.25) is 4.79 Å². The molecule has 1 aromatic rings. The summed E-state index contributed by atoms with van der Waals surface area (Å²) in [7, 11) is 0. The van der Waals surface area contributed by atoms with Gasteiger partial charge < -0.3 is 15.4 Å². The first-order valence-corrected chi connectivity index (χ1v) is 6.90. The molecule has 19 heavy (non-hydrogen) atoms. The fourth-order valence-corrected chi connectivity index (χ4v) is 2.23. The van der Waals surface area contributed by atoms with Gasteiger partial charge in [-0.05, 0) is 45.7 Å². The second-order valence-electron chi connectivity index (χ2n) is 5.24. The van der Waals surface area contributed by atoms with Gasteiger partial charge in [0.25, 0.3) is 5.91 Å². The van der Waals surface area contributed by atoms with E-state index in [0.29, 0.717) is 0 Å². The number of fused-ring (bicyclic) bond motifs is 1. The number of benzene rings is 1. The van der Waals surface area contributed by atoms with E-state index in [0.717, 1.165) is 30.8 Å². The van der Waals surface area contributed by atoms with E-state index in [4.69, 9.17) is 4.74 Å². The monoisotopic (exact) mass is 262 g/mol. The summed E-state index contributed by atoms with van der Waals surface area (Å²) in [5.41, 5.74) is 2.30. The second kappa shape index (κ2) is 5.95. The van der Waals surface area contributed by atoms with Crippen LogP contribution in [0.4, 0.5) is 5.69 Å². The van der Waals surface area contributed by atoms with Crippen LogP contribution in [0.5, 0.6) is 5.75 Å². The van der Waals surface area contributed by atoms with Crippen molar-refractivity contribution in [2.75, 3.05) is 11.9 Å². The molecule has 0 bridgehead atoms. The first kappa shape index (κ1) is 13.7. The van der Waals surface area contributed by atoms with E-state index >= 15 is 0 Å². The highest BCUT2D eigenvalue weighted by atomic mass is 16.5. The first-order valence-electron chi connectivity index (χ1n) is 6.90. The van der Waals surface area contributed by atoms with Crippen LogP contribution in [-0.4, -0.2) is 24.6 Å². The van der Waals surface area contributed by atoms with E-state index in [1.54, 1.807) is 6.92 Å². The number of amides is 1. The number of rotatable bonds is 4. The van der Waals surface area contributed by atoms with Gasteiger partial charge in [-0.2, -0.15) is 0 Å². The van der Waals surface area contributed by atoms with Crippen LogP contribution >= 0.6 is 0 Å². The third-order valence-corrected chi connectivity index (χ3v) is 3.16. The van der Waals surface area contributed by atoms with Gasteiger partial charge in [0.05, 0.1) is 0 Å². The van der Waals surface area contributed by atoms with Gasteiger partial charge in [0.15, 0.2) is 6.10 Å². The number of anilines is 1. The molecule has 0 aromatic heterocycles. The minimum Gasteiger partial charge on any atom is -0.481 e. The van der Waals surface area contributed by atoms with E-state index in [2.05, 4.69) is 16.7 Å². The standard InChI is InChI=1S/C15H22N2O2/c1-10(2)17-15(18)11(3)19-14-8-4-7-13-12(14)6-5-9-16-13/h4,7-8,10-11,16H,5-6,9H2,1-3H3,(H,17,18). The molecule has 0 spiro atoms. The molecular weight excluding hydrogens is 240 g/mol. The quantitative estimate of drug-likeness (QED) is 0.875. The lowest BCUT2D eigenvalue weighted by Gasteiger charge is -2.23. The van der Waals surface area contributed by atoms with Gasteiger partial charge >= 0.3 is 0 Å². The largest absolute Gasteiger partial charge is 0.481 e. The molecule has 0 saturated carbocycles. The summed E-state index contributed by atoms with van der Waals surface area (Å²) in [6.45, 7) is 6.67. The highest BCUT2D eigenvalue weighted by Crippen LogP contribution is 2.31. The van der Waals surface area contributed by atoms with Gasteiger partial charge in [0.2, 0.25) is 0 Å². The van der Waals surface area contributed by atoms with Crippen molar-refractivity contribution in [3.8, 4) is 5.75 Å². The molecule has 4 nitrogen and oxygen atoms in total. The van der Waals surface area contributed by atoms with Crippen LogP contribution in [0.15, 0.2) is 18.2 Å². The summed E-state index contributed by atoms with van der Waals surface area (Å²) >= 11 is 0. The SMILES string of the molecule is CC(C)NC(=O)C(C)Oc1cccc2c1CCCN2. The van der Waals surface area contributed by atoms with Crippen LogP contribution in [0.2, 0.25) is 0 Å². The maximum Gasteiger partial charge on any atom is 0.260 e. The zero-order chi connectivity index (χ0) is 13.8. The summed E-state index contributed by atoms with van der Waals surface area (Å²) in [6.07, 6.45) is 1.62. The Morgan fingerprint density at radius 1 is 1.37 bits per heavy atom. The number of hydrogen-bond donors (Lipinski definition) is 2. The molecule has 1 aliphatic heterocycles. The number of carbonyl (C=O) groups is 1. The smallest absolute Gasteiger partial charge is 0.260 e. The van der Waals surface area contributed by atoms with Crippen molar-refractivity contribution in [2.24, 2.45) is 0 Å². The summed E-state index contributed by atoms with van der Waals surface area (Å²) in [4.78, 5) is 11.9. The van der Waals surface area contributed by atoms with Gasteiger partial charge in [-0.25, -0.2) is 0 Å². The second-order valence-corrected chi connectivity index (χ2v) is 5.24. The lowest BCUT2D eigenvalue weighted by Crippen LogP contribution is -2.40. The van der Waals surface area contributed by atoms with E-state index in [9.17, 15) is 4.79 Å². The van der Waals surface area contributed by atoms with E-state index in [-0.39, 0.29) is 11.9 Å². The Bertz CT molecular complexity index is 457. The van der Waals surface area contributed by atoms with Crippen LogP contribution in [0, 0.1) is 0 Å². The average molecular weight is 262 g/mol. The minimum absolute atomic E-state index is 0.0728. The molecule has 0 fully saturated rings. The van der Waals surface area contributed by atoms with Crippen molar-refractivity contribution < 1.29 is 9.53 Å². The minimum atomic E-state index is -0.476. The van der Waals surface area contributed by atoms with Crippen LogP contribution in [0.25, 0.3) is 0 Å². The van der Waals surface area contributed by atoms with Crippen molar-refractivity contribution >= 4 is 11.6 Å². The fraction of sp³-hybridized carbons (Fsp3) is 0.533. The van der Waals surface area contributed by atoms with Crippen molar-refractivity contribution in [1.82, 2.24) is 5.32 Å². The average Bonchev–Trinajstić information content (AvgIpc) is 2.38. The van der Waals surface area contributed by atoms with Crippen LogP contribution in [0.3, 0.4) is 0 Å². The predicted octanol–water partition coefficient (Wildman–Crippen LogP) is 2.34. The molecule has 2 rings (SSSR count). The Hall–Kier alpha value is -1.71. The Morgan fingerprint density at radius 3 is 2.89 bits per heavy atom. The lowest BCUT2D eigenvalue weighted by atomic mass is 10.0. The Kier molecular flexibility index (Phi) is 4.30. The summed E-state index contributed by atoms with van der Waals surface area (Å²) in [6, 6.07) is 6.08. The van der Waals surface area contributed by atoms with E-state index in [1.165, 1.54) is 5.56 Å². The molecule has 2 N–H and O–H groups in total. The van der Waals surface area contributed by atoms with E-state index in [1.807, 2.05) is 26.0 Å². The molecule has 1 atom stereocenters. The third-order valence-electron chi connectivity index (χ3n) is 3.16. The molecule has 4 heteroatoms. The summed E-state index contributed by atoms with van der Waals surface area (Å²) < 4.78 is 5.82. The molecule has 1 amide bonds. The molecule has 0 saturated heterocycles. The molecule has 1 aromatic carbocycles. The van der Waals surface area contributed by atoms with Crippen molar-refractivity contribution in [1.29, 1.82) is 0 Å². The number of carbonyl (C=O) groups excluding carboxylic acids is 1. The van der Waals surface area contributed by atoms with Crippen molar-refractivity contribution in [3.05, 3.63) is 23.8 Å². The number of ether oxygens (including phenoxy) is 1. The Labute approximate surface area is 114 Å². The van der Waals surface area contributed by atoms with Crippen LogP contribution < -0.4 is 15.4 Å². The molecule has 104 valence electrons. The molecule has 0 aliphatic carbocycles. The predicted molar refractivity (Wildman–Crippen MR) is 76.6 cm³/mol. The number of nitrogens with one attached hydrogen (secondary N) is 2. The maximum absolute atomic E-state index is 11.9. The first-order chi connectivity index (χ1) is 9.08. The summed E-state index contributed by atoms with van der Waals surface area (Å²) in [5, 5.41) is 6.22. The Morgan fingerprint density at radius 2 is 2.16 bits per heavy atom. The van der Waals surface area contributed by atoms with Gasteiger partial charge in [0.1, 0.15) is 5.75 Å². The number of hydrogen-bond acceptors (Lipinski definition) is 3. The van der Waals surface area contributed by atoms with Crippen LogP contribution in [-0.2, 0) is 11.2 Å². The fourth-order valence-electron chi connectivity index (χ4n) is 2.23. The normalized spacial score (nSPS) is 15.4. The molecule has 0 radical (unpaired) electrons. The van der Waals surface area contributed by atoms with Gasteiger partial charge in [0, 0.05) is 23.8 Å². The van der Waals surface area contributed by atoms with Crippen LogP contribution in [0.1, 0.15) is 32.8 Å². The Balaban J connectivity index is 2.08. The van der Waals surface area contributed by atoms with Crippen molar-refractivity contribution in [3.63, 3.8) is 0 Å². The molecular formula is C15H22N2O2. The topological polar surface area (TPSA) is 50.4 Å². The van der Waals surface area contributed by atoms with Crippen molar-refractivity contribution in [2.45, 2.75) is 45.8 Å². The molecule has 1 unspecified atom stereocenters. The highest BCUT2D eigenvalue weighted by Gasteiger charge is 2.19. The molecule has 1 heterocycles. The molecule has 1 aliphatic rings.